The first kappa shape index (κ1) is 13.5. The van der Waals surface area contributed by atoms with E-state index < -0.39 is 0 Å². The van der Waals surface area contributed by atoms with Gasteiger partial charge in [-0.3, -0.25) is 4.79 Å². The minimum atomic E-state index is -0.0484. The lowest BCUT2D eigenvalue weighted by Gasteiger charge is -2.28. The minimum Gasteiger partial charge on any atom is -0.339 e. The summed E-state index contributed by atoms with van der Waals surface area (Å²) in [6, 6.07) is 0.459. The number of carbonyl (C=O) groups is 1. The maximum absolute atomic E-state index is 12.2. The van der Waals surface area contributed by atoms with E-state index in [-0.39, 0.29) is 17.9 Å². The number of nitrogens with two attached hydrogens (primary N) is 1. The Bertz CT molecular complexity index is 234. The monoisotopic (exact) mass is 226 g/mol. The van der Waals surface area contributed by atoms with Crippen LogP contribution >= 0.6 is 0 Å². The standard InChI is InChI=1S/C13H26N2O/c1-9(2)7-8-15(12-5-6-12)13(16)10(3)11(4)14/h9-12H,5-8,14H2,1-4H3. The Morgan fingerprint density at radius 2 is 1.88 bits per heavy atom. The zero-order chi connectivity index (χ0) is 12.3. The highest BCUT2D eigenvalue weighted by atomic mass is 16.2. The largest absolute Gasteiger partial charge is 0.339 e. The van der Waals surface area contributed by atoms with E-state index in [1.165, 1.54) is 12.8 Å². The van der Waals surface area contributed by atoms with Gasteiger partial charge in [0.2, 0.25) is 5.91 Å². The molecule has 0 bridgehead atoms. The van der Waals surface area contributed by atoms with E-state index in [9.17, 15) is 4.79 Å². The summed E-state index contributed by atoms with van der Waals surface area (Å²) in [6.45, 7) is 9.15. The van der Waals surface area contributed by atoms with Crippen molar-refractivity contribution in [2.75, 3.05) is 6.54 Å². The average Bonchev–Trinajstić information content (AvgIpc) is 3.00. The van der Waals surface area contributed by atoms with Crippen LogP contribution in [-0.2, 0) is 4.79 Å². The molecule has 2 N–H and O–H groups in total. The van der Waals surface area contributed by atoms with E-state index in [0.717, 1.165) is 13.0 Å². The molecule has 1 saturated carbocycles. The van der Waals surface area contributed by atoms with Crippen molar-refractivity contribution in [3.8, 4) is 0 Å². The number of rotatable bonds is 6. The normalized spacial score (nSPS) is 19.6. The molecule has 0 spiro atoms. The van der Waals surface area contributed by atoms with E-state index in [2.05, 4.69) is 18.7 Å². The van der Waals surface area contributed by atoms with Crippen molar-refractivity contribution >= 4 is 5.91 Å². The molecular formula is C13H26N2O. The molecule has 0 heterocycles. The summed E-state index contributed by atoms with van der Waals surface area (Å²) in [5, 5.41) is 0. The number of amides is 1. The lowest BCUT2D eigenvalue weighted by Crippen LogP contribution is -2.43. The van der Waals surface area contributed by atoms with Crippen molar-refractivity contribution in [2.24, 2.45) is 17.6 Å². The number of hydrogen-bond acceptors (Lipinski definition) is 2. The second-order valence-electron chi connectivity index (χ2n) is 5.59. The first-order valence-corrected chi connectivity index (χ1v) is 6.49. The molecule has 1 aliphatic rings. The first-order valence-electron chi connectivity index (χ1n) is 6.49. The zero-order valence-electron chi connectivity index (χ0n) is 11.1. The van der Waals surface area contributed by atoms with E-state index in [1.807, 2.05) is 13.8 Å². The zero-order valence-corrected chi connectivity index (χ0v) is 11.1. The number of hydrogen-bond donors (Lipinski definition) is 1. The SMILES string of the molecule is CC(C)CCN(C(=O)C(C)C(C)N)C1CC1. The maximum Gasteiger partial charge on any atom is 0.227 e. The van der Waals surface area contributed by atoms with Gasteiger partial charge in [-0.1, -0.05) is 20.8 Å². The van der Waals surface area contributed by atoms with Crippen LogP contribution in [0.2, 0.25) is 0 Å². The molecule has 2 atom stereocenters. The fraction of sp³-hybridized carbons (Fsp3) is 0.923. The second-order valence-corrected chi connectivity index (χ2v) is 5.59. The number of nitrogens with zero attached hydrogens (tertiary/aromatic N) is 1. The summed E-state index contributed by atoms with van der Waals surface area (Å²) in [4.78, 5) is 14.3. The molecule has 1 amide bonds. The smallest absolute Gasteiger partial charge is 0.227 e. The van der Waals surface area contributed by atoms with E-state index >= 15 is 0 Å². The Hall–Kier alpha value is -0.570. The Morgan fingerprint density at radius 3 is 2.25 bits per heavy atom. The van der Waals surface area contributed by atoms with Crippen LogP contribution in [0.3, 0.4) is 0 Å². The van der Waals surface area contributed by atoms with Crippen LogP contribution in [0.1, 0.15) is 47.0 Å². The lowest BCUT2D eigenvalue weighted by atomic mass is 10.0. The van der Waals surface area contributed by atoms with Gasteiger partial charge in [-0.15, -0.1) is 0 Å². The predicted molar refractivity (Wildman–Crippen MR) is 67.0 cm³/mol. The van der Waals surface area contributed by atoms with Gasteiger partial charge >= 0.3 is 0 Å². The van der Waals surface area contributed by atoms with Crippen molar-refractivity contribution in [3.05, 3.63) is 0 Å². The molecule has 0 saturated heterocycles. The molecule has 16 heavy (non-hydrogen) atoms. The Morgan fingerprint density at radius 1 is 1.31 bits per heavy atom. The number of carbonyl (C=O) groups excluding carboxylic acids is 1. The highest BCUT2D eigenvalue weighted by molar-refractivity contribution is 5.79. The molecule has 0 aliphatic heterocycles. The van der Waals surface area contributed by atoms with Gasteiger partial charge in [0.05, 0.1) is 5.92 Å². The van der Waals surface area contributed by atoms with Crippen LogP contribution in [-0.4, -0.2) is 29.4 Å². The Kier molecular flexibility index (Phi) is 4.78. The second kappa shape index (κ2) is 5.67. The summed E-state index contributed by atoms with van der Waals surface area (Å²) >= 11 is 0. The topological polar surface area (TPSA) is 46.3 Å². The van der Waals surface area contributed by atoms with Crippen molar-refractivity contribution in [1.82, 2.24) is 4.90 Å². The third-order valence-corrected chi connectivity index (χ3v) is 3.40. The molecule has 3 heteroatoms. The van der Waals surface area contributed by atoms with Gasteiger partial charge in [0.1, 0.15) is 0 Å². The molecule has 0 aromatic carbocycles. The average molecular weight is 226 g/mol. The van der Waals surface area contributed by atoms with E-state index in [4.69, 9.17) is 5.73 Å². The highest BCUT2D eigenvalue weighted by Gasteiger charge is 2.34. The van der Waals surface area contributed by atoms with Gasteiger partial charge in [-0.05, 0) is 32.1 Å². The van der Waals surface area contributed by atoms with Crippen LogP contribution in [0.25, 0.3) is 0 Å². The van der Waals surface area contributed by atoms with Crippen LogP contribution < -0.4 is 5.73 Å². The van der Waals surface area contributed by atoms with Gasteiger partial charge in [-0.25, -0.2) is 0 Å². The van der Waals surface area contributed by atoms with Crippen LogP contribution in [0, 0.1) is 11.8 Å². The molecule has 1 rings (SSSR count). The van der Waals surface area contributed by atoms with Crippen molar-refractivity contribution < 1.29 is 4.79 Å². The molecular weight excluding hydrogens is 200 g/mol. The lowest BCUT2D eigenvalue weighted by molar-refractivity contribution is -0.136. The quantitative estimate of drug-likeness (QED) is 0.753. The van der Waals surface area contributed by atoms with Crippen molar-refractivity contribution in [1.29, 1.82) is 0 Å². The summed E-state index contributed by atoms with van der Waals surface area (Å²) in [5.74, 6) is 0.852. The van der Waals surface area contributed by atoms with Crippen LogP contribution in [0.5, 0.6) is 0 Å². The highest BCUT2D eigenvalue weighted by Crippen LogP contribution is 2.29. The molecule has 0 radical (unpaired) electrons. The molecule has 0 aromatic rings. The third kappa shape index (κ3) is 3.78. The molecule has 2 unspecified atom stereocenters. The van der Waals surface area contributed by atoms with Crippen LogP contribution in [0.4, 0.5) is 0 Å². The van der Waals surface area contributed by atoms with Gasteiger partial charge < -0.3 is 10.6 Å². The Labute approximate surface area is 99.4 Å². The molecule has 1 fully saturated rings. The van der Waals surface area contributed by atoms with E-state index in [1.54, 1.807) is 0 Å². The van der Waals surface area contributed by atoms with Gasteiger partial charge in [0.25, 0.3) is 0 Å². The summed E-state index contributed by atoms with van der Waals surface area (Å²) < 4.78 is 0. The van der Waals surface area contributed by atoms with E-state index in [0.29, 0.717) is 12.0 Å². The molecule has 1 aliphatic carbocycles. The molecule has 94 valence electrons. The molecule has 3 nitrogen and oxygen atoms in total. The first-order chi connectivity index (χ1) is 7.43. The summed E-state index contributed by atoms with van der Waals surface area (Å²) in [5.41, 5.74) is 5.80. The maximum atomic E-state index is 12.2. The predicted octanol–water partition coefficient (Wildman–Crippen LogP) is 2.01. The fourth-order valence-electron chi connectivity index (χ4n) is 1.74. The fourth-order valence-corrected chi connectivity index (χ4v) is 1.74. The third-order valence-electron chi connectivity index (χ3n) is 3.40. The molecule has 0 aromatic heterocycles. The van der Waals surface area contributed by atoms with Gasteiger partial charge in [-0.2, -0.15) is 0 Å². The van der Waals surface area contributed by atoms with Gasteiger partial charge in [0, 0.05) is 18.6 Å². The minimum absolute atomic E-state index is 0.0483. The van der Waals surface area contributed by atoms with Crippen molar-refractivity contribution in [3.63, 3.8) is 0 Å². The van der Waals surface area contributed by atoms with Gasteiger partial charge in [0.15, 0.2) is 0 Å². The van der Waals surface area contributed by atoms with Crippen molar-refractivity contribution in [2.45, 2.75) is 59.0 Å². The van der Waals surface area contributed by atoms with Crippen LogP contribution in [0.15, 0.2) is 0 Å². The summed E-state index contributed by atoms with van der Waals surface area (Å²) in [7, 11) is 0. The summed E-state index contributed by atoms with van der Waals surface area (Å²) in [6.07, 6.45) is 3.44. The Balaban J connectivity index is 2.52.